The summed E-state index contributed by atoms with van der Waals surface area (Å²) in [6.07, 6.45) is 1.62. The standard InChI is InChI=1S/C21H24N2O3/c1-16-8-5-6-12-19(16)26-15-20(24)23-13-7-9-17(14-23)21(25)22-18-10-3-2-4-11-18/h2-6,8,10-12,17H,7,9,13-15H2,1H3,(H,22,25)/t17-/m0/s1. The van der Waals surface area contributed by atoms with Gasteiger partial charge in [-0.1, -0.05) is 36.4 Å². The summed E-state index contributed by atoms with van der Waals surface area (Å²) in [6, 6.07) is 17.0. The third-order valence-corrected chi connectivity index (χ3v) is 4.63. The maximum Gasteiger partial charge on any atom is 0.260 e. The Bertz CT molecular complexity index is 761. The van der Waals surface area contributed by atoms with Crippen molar-refractivity contribution >= 4 is 17.5 Å². The molecular weight excluding hydrogens is 328 g/mol. The van der Waals surface area contributed by atoms with Crippen LogP contribution in [0.3, 0.4) is 0 Å². The molecule has 2 aromatic rings. The van der Waals surface area contributed by atoms with Crippen LogP contribution in [-0.4, -0.2) is 36.4 Å². The summed E-state index contributed by atoms with van der Waals surface area (Å²) >= 11 is 0. The number of piperidine rings is 1. The molecule has 0 radical (unpaired) electrons. The first-order valence-electron chi connectivity index (χ1n) is 8.95. The zero-order chi connectivity index (χ0) is 18.4. The molecule has 1 aliphatic rings. The molecule has 2 aromatic carbocycles. The number of amides is 2. The highest BCUT2D eigenvalue weighted by Gasteiger charge is 2.28. The van der Waals surface area contributed by atoms with E-state index in [0.29, 0.717) is 13.1 Å². The van der Waals surface area contributed by atoms with Gasteiger partial charge in [0, 0.05) is 18.8 Å². The predicted molar refractivity (Wildman–Crippen MR) is 101 cm³/mol. The number of carbonyl (C=O) groups is 2. The van der Waals surface area contributed by atoms with Crippen molar-refractivity contribution in [2.45, 2.75) is 19.8 Å². The van der Waals surface area contributed by atoms with Gasteiger partial charge in [0.05, 0.1) is 5.92 Å². The smallest absolute Gasteiger partial charge is 0.260 e. The molecule has 1 saturated heterocycles. The first kappa shape index (κ1) is 18.0. The van der Waals surface area contributed by atoms with E-state index in [2.05, 4.69) is 5.32 Å². The summed E-state index contributed by atoms with van der Waals surface area (Å²) in [5.74, 6) is 0.418. The number of nitrogens with zero attached hydrogens (tertiary/aromatic N) is 1. The monoisotopic (exact) mass is 352 g/mol. The number of hydrogen-bond donors (Lipinski definition) is 1. The lowest BCUT2D eigenvalue weighted by Gasteiger charge is -2.32. The average Bonchev–Trinajstić information content (AvgIpc) is 2.68. The van der Waals surface area contributed by atoms with Crippen molar-refractivity contribution in [1.29, 1.82) is 0 Å². The summed E-state index contributed by atoms with van der Waals surface area (Å²) in [5.41, 5.74) is 1.78. The van der Waals surface area contributed by atoms with Gasteiger partial charge in [-0.05, 0) is 43.5 Å². The third kappa shape index (κ3) is 4.63. The first-order valence-corrected chi connectivity index (χ1v) is 8.95. The number of carbonyl (C=O) groups excluding carboxylic acids is 2. The van der Waals surface area contributed by atoms with Crippen LogP contribution in [0.15, 0.2) is 54.6 Å². The van der Waals surface area contributed by atoms with E-state index in [0.717, 1.165) is 29.8 Å². The Balaban J connectivity index is 1.53. The third-order valence-electron chi connectivity index (χ3n) is 4.63. The van der Waals surface area contributed by atoms with Crippen LogP contribution in [0.25, 0.3) is 0 Å². The zero-order valence-electron chi connectivity index (χ0n) is 15.0. The minimum absolute atomic E-state index is 0.00211. The first-order chi connectivity index (χ1) is 12.6. The van der Waals surface area contributed by atoms with E-state index < -0.39 is 0 Å². The number of likely N-dealkylation sites (tertiary alicyclic amines) is 1. The Morgan fingerprint density at radius 2 is 1.85 bits per heavy atom. The highest BCUT2D eigenvalue weighted by atomic mass is 16.5. The van der Waals surface area contributed by atoms with Gasteiger partial charge < -0.3 is 15.0 Å². The normalized spacial score (nSPS) is 16.8. The number of anilines is 1. The van der Waals surface area contributed by atoms with Crippen LogP contribution in [0, 0.1) is 12.8 Å². The SMILES string of the molecule is Cc1ccccc1OCC(=O)N1CCC[C@H](C(=O)Nc2ccccc2)C1. The molecule has 136 valence electrons. The van der Waals surface area contributed by atoms with Crippen molar-refractivity contribution in [1.82, 2.24) is 4.90 Å². The Morgan fingerprint density at radius 1 is 1.12 bits per heavy atom. The molecule has 0 saturated carbocycles. The summed E-state index contributed by atoms with van der Waals surface area (Å²) in [7, 11) is 0. The number of ether oxygens (including phenoxy) is 1. The van der Waals surface area contributed by atoms with Crippen LogP contribution in [0.4, 0.5) is 5.69 Å². The molecule has 1 N–H and O–H groups in total. The van der Waals surface area contributed by atoms with Crippen molar-refractivity contribution in [3.63, 3.8) is 0 Å². The van der Waals surface area contributed by atoms with Gasteiger partial charge >= 0.3 is 0 Å². The van der Waals surface area contributed by atoms with Gasteiger partial charge in [-0.25, -0.2) is 0 Å². The predicted octanol–water partition coefficient (Wildman–Crippen LogP) is 3.25. The molecule has 3 rings (SSSR count). The molecule has 0 unspecified atom stereocenters. The summed E-state index contributed by atoms with van der Waals surface area (Å²) in [5, 5.41) is 2.93. The average molecular weight is 352 g/mol. The minimum Gasteiger partial charge on any atom is -0.484 e. The van der Waals surface area contributed by atoms with Gasteiger partial charge in [0.25, 0.3) is 5.91 Å². The quantitative estimate of drug-likeness (QED) is 0.899. The Labute approximate surface area is 154 Å². The maximum absolute atomic E-state index is 12.5. The topological polar surface area (TPSA) is 58.6 Å². The summed E-state index contributed by atoms with van der Waals surface area (Å²) < 4.78 is 5.65. The van der Waals surface area contributed by atoms with E-state index in [4.69, 9.17) is 4.74 Å². The van der Waals surface area contributed by atoms with Crippen LogP contribution < -0.4 is 10.1 Å². The van der Waals surface area contributed by atoms with Gasteiger partial charge in [-0.3, -0.25) is 9.59 Å². The van der Waals surface area contributed by atoms with Gasteiger partial charge in [0.2, 0.25) is 5.91 Å². The number of benzene rings is 2. The molecule has 5 nitrogen and oxygen atoms in total. The Kier molecular flexibility index (Phi) is 5.89. The zero-order valence-corrected chi connectivity index (χ0v) is 15.0. The highest BCUT2D eigenvalue weighted by Crippen LogP contribution is 2.20. The van der Waals surface area contributed by atoms with Gasteiger partial charge in [-0.15, -0.1) is 0 Å². The molecule has 2 amide bonds. The second-order valence-electron chi connectivity index (χ2n) is 6.59. The molecule has 5 heteroatoms. The number of aryl methyl sites for hydroxylation is 1. The molecule has 0 bridgehead atoms. The fourth-order valence-electron chi connectivity index (χ4n) is 3.13. The molecule has 26 heavy (non-hydrogen) atoms. The summed E-state index contributed by atoms with van der Waals surface area (Å²) in [4.78, 5) is 26.7. The number of hydrogen-bond acceptors (Lipinski definition) is 3. The molecular formula is C21H24N2O3. The van der Waals surface area contributed by atoms with E-state index in [1.54, 1.807) is 4.90 Å². The maximum atomic E-state index is 12.5. The number of para-hydroxylation sites is 2. The molecule has 1 heterocycles. The van der Waals surface area contributed by atoms with Crippen molar-refractivity contribution in [3.8, 4) is 5.75 Å². The van der Waals surface area contributed by atoms with E-state index in [9.17, 15) is 9.59 Å². The van der Waals surface area contributed by atoms with Crippen LogP contribution in [0.5, 0.6) is 5.75 Å². The second-order valence-corrected chi connectivity index (χ2v) is 6.59. The second kappa shape index (κ2) is 8.52. The molecule has 1 aliphatic heterocycles. The Morgan fingerprint density at radius 3 is 2.62 bits per heavy atom. The molecule has 0 aliphatic carbocycles. The largest absolute Gasteiger partial charge is 0.484 e. The van der Waals surface area contributed by atoms with Crippen molar-refractivity contribution in [2.24, 2.45) is 5.92 Å². The molecule has 1 fully saturated rings. The van der Waals surface area contributed by atoms with E-state index in [1.807, 2.05) is 61.5 Å². The number of rotatable bonds is 5. The summed E-state index contributed by atoms with van der Waals surface area (Å²) in [6.45, 7) is 3.06. The molecule has 1 atom stereocenters. The van der Waals surface area contributed by atoms with Crippen molar-refractivity contribution < 1.29 is 14.3 Å². The lowest BCUT2D eigenvalue weighted by Crippen LogP contribution is -2.45. The minimum atomic E-state index is -0.189. The van der Waals surface area contributed by atoms with Crippen molar-refractivity contribution in [3.05, 3.63) is 60.2 Å². The fraction of sp³-hybridized carbons (Fsp3) is 0.333. The van der Waals surface area contributed by atoms with Crippen molar-refractivity contribution in [2.75, 3.05) is 25.0 Å². The highest BCUT2D eigenvalue weighted by molar-refractivity contribution is 5.93. The lowest BCUT2D eigenvalue weighted by molar-refractivity contribution is -0.136. The van der Waals surface area contributed by atoms with E-state index in [-0.39, 0.29) is 24.3 Å². The number of nitrogens with one attached hydrogen (secondary N) is 1. The van der Waals surface area contributed by atoms with Crippen LogP contribution in [-0.2, 0) is 9.59 Å². The van der Waals surface area contributed by atoms with Crippen LogP contribution in [0.2, 0.25) is 0 Å². The molecule has 0 spiro atoms. The van der Waals surface area contributed by atoms with E-state index in [1.165, 1.54) is 0 Å². The van der Waals surface area contributed by atoms with Gasteiger partial charge in [0.1, 0.15) is 5.75 Å². The van der Waals surface area contributed by atoms with Crippen LogP contribution in [0.1, 0.15) is 18.4 Å². The van der Waals surface area contributed by atoms with Crippen LogP contribution >= 0.6 is 0 Å². The van der Waals surface area contributed by atoms with Gasteiger partial charge in [0.15, 0.2) is 6.61 Å². The Hall–Kier alpha value is -2.82. The lowest BCUT2D eigenvalue weighted by atomic mass is 9.97. The molecule has 0 aromatic heterocycles. The van der Waals surface area contributed by atoms with E-state index >= 15 is 0 Å². The van der Waals surface area contributed by atoms with Gasteiger partial charge in [-0.2, -0.15) is 0 Å². The fourth-order valence-corrected chi connectivity index (χ4v) is 3.13.